The Balaban J connectivity index is 0.00000182. The zero-order valence-electron chi connectivity index (χ0n) is 14.2. The molecule has 8 heteroatoms. The third kappa shape index (κ3) is 3.49. The van der Waals surface area contributed by atoms with Gasteiger partial charge in [-0.05, 0) is 24.4 Å². The summed E-state index contributed by atoms with van der Waals surface area (Å²) >= 11 is 1.62. The molecule has 0 spiro atoms. The first-order valence-corrected chi connectivity index (χ1v) is 9.08. The summed E-state index contributed by atoms with van der Waals surface area (Å²) in [5.74, 6) is 1.37. The van der Waals surface area contributed by atoms with Crippen molar-refractivity contribution in [3.05, 3.63) is 44.6 Å². The number of rotatable bonds is 4. The number of aromatic nitrogens is 3. The molecule has 1 aliphatic heterocycles. The maximum atomic E-state index is 12.9. The first-order valence-electron chi connectivity index (χ1n) is 8.26. The minimum Gasteiger partial charge on any atom is -0.361 e. The summed E-state index contributed by atoms with van der Waals surface area (Å²) in [6, 6.07) is 1.93. The predicted octanol–water partition coefficient (Wildman–Crippen LogP) is 2.76. The van der Waals surface area contributed by atoms with Crippen molar-refractivity contribution in [2.24, 2.45) is 5.92 Å². The Kier molecular flexibility index (Phi) is 5.27. The lowest BCUT2D eigenvalue weighted by molar-refractivity contribution is 0.362. The molecule has 6 nitrogen and oxygen atoms in total. The quantitative estimate of drug-likeness (QED) is 0.753. The molecule has 0 unspecified atom stereocenters. The molecule has 0 aromatic carbocycles. The van der Waals surface area contributed by atoms with Crippen molar-refractivity contribution < 1.29 is 4.52 Å². The molecule has 3 aromatic rings. The van der Waals surface area contributed by atoms with Crippen LogP contribution in [0.15, 0.2) is 21.7 Å². The van der Waals surface area contributed by atoms with Crippen LogP contribution < -0.4 is 10.9 Å². The third-order valence-electron chi connectivity index (χ3n) is 4.25. The van der Waals surface area contributed by atoms with Gasteiger partial charge in [0, 0.05) is 23.9 Å². The first kappa shape index (κ1) is 18.1. The lowest BCUT2D eigenvalue weighted by Crippen LogP contribution is -2.25. The number of fused-ring (bicyclic) bond motifs is 3. The molecular weight excluding hydrogens is 360 g/mol. The Morgan fingerprint density at radius 1 is 1.44 bits per heavy atom. The lowest BCUT2D eigenvalue weighted by atomic mass is 10.1. The predicted molar refractivity (Wildman–Crippen MR) is 101 cm³/mol. The van der Waals surface area contributed by atoms with E-state index in [0.29, 0.717) is 12.5 Å². The van der Waals surface area contributed by atoms with Crippen LogP contribution in [0.2, 0.25) is 0 Å². The molecular formula is C17H21ClN4O2S. The van der Waals surface area contributed by atoms with E-state index >= 15 is 0 Å². The molecule has 0 aliphatic carbocycles. The maximum absolute atomic E-state index is 12.9. The summed E-state index contributed by atoms with van der Waals surface area (Å²) in [6.45, 7) is 6.41. The van der Waals surface area contributed by atoms with Gasteiger partial charge in [0.05, 0.1) is 18.3 Å². The van der Waals surface area contributed by atoms with Gasteiger partial charge in [-0.2, -0.15) is 0 Å². The molecule has 0 atom stereocenters. The molecule has 1 N–H and O–H groups in total. The van der Waals surface area contributed by atoms with E-state index in [4.69, 9.17) is 4.52 Å². The SMILES string of the molecule is CC(C)Cc1cc(Cn2cnc3sc4c(c3c2=O)CCNC4)no1.Cl. The van der Waals surface area contributed by atoms with Gasteiger partial charge < -0.3 is 9.84 Å². The number of nitrogens with one attached hydrogen (secondary N) is 1. The number of halogens is 1. The van der Waals surface area contributed by atoms with Crippen molar-refractivity contribution in [2.75, 3.05) is 6.54 Å². The van der Waals surface area contributed by atoms with E-state index in [-0.39, 0.29) is 18.0 Å². The molecule has 0 radical (unpaired) electrons. The summed E-state index contributed by atoms with van der Waals surface area (Å²) in [5.41, 5.74) is 1.95. The first-order chi connectivity index (χ1) is 11.6. The average Bonchev–Trinajstić information content (AvgIpc) is 3.13. The van der Waals surface area contributed by atoms with Gasteiger partial charge in [0.25, 0.3) is 5.56 Å². The highest BCUT2D eigenvalue weighted by molar-refractivity contribution is 7.18. The fourth-order valence-corrected chi connectivity index (χ4v) is 4.31. The van der Waals surface area contributed by atoms with Crippen LogP contribution in [0, 0.1) is 5.92 Å². The second kappa shape index (κ2) is 7.27. The highest BCUT2D eigenvalue weighted by Crippen LogP contribution is 2.29. The Hall–Kier alpha value is -1.70. The second-order valence-corrected chi connectivity index (χ2v) is 7.75. The van der Waals surface area contributed by atoms with E-state index in [1.165, 1.54) is 10.4 Å². The number of hydrogen-bond donors (Lipinski definition) is 1. The Labute approximate surface area is 155 Å². The number of thiophene rings is 1. The Bertz CT molecular complexity index is 944. The molecule has 0 saturated carbocycles. The van der Waals surface area contributed by atoms with Crippen molar-refractivity contribution in [1.82, 2.24) is 20.0 Å². The summed E-state index contributed by atoms with van der Waals surface area (Å²) in [5, 5.41) is 8.22. The minimum absolute atomic E-state index is 0. The molecule has 0 fully saturated rings. The zero-order chi connectivity index (χ0) is 16.7. The van der Waals surface area contributed by atoms with E-state index in [9.17, 15) is 4.79 Å². The van der Waals surface area contributed by atoms with E-state index in [0.717, 1.165) is 47.6 Å². The molecule has 1 aliphatic rings. The van der Waals surface area contributed by atoms with Crippen LogP contribution >= 0.6 is 23.7 Å². The van der Waals surface area contributed by atoms with Gasteiger partial charge in [-0.1, -0.05) is 19.0 Å². The van der Waals surface area contributed by atoms with Crippen LogP contribution in [-0.2, 0) is 25.9 Å². The van der Waals surface area contributed by atoms with E-state index in [1.54, 1.807) is 22.2 Å². The largest absolute Gasteiger partial charge is 0.361 e. The van der Waals surface area contributed by atoms with Gasteiger partial charge in [0.15, 0.2) is 0 Å². The average molecular weight is 381 g/mol. The second-order valence-electron chi connectivity index (χ2n) is 6.67. The molecule has 0 bridgehead atoms. The number of hydrogen-bond acceptors (Lipinski definition) is 6. The van der Waals surface area contributed by atoms with Crippen molar-refractivity contribution in [3.8, 4) is 0 Å². The van der Waals surface area contributed by atoms with Gasteiger partial charge in [0.2, 0.25) is 0 Å². The van der Waals surface area contributed by atoms with Gasteiger partial charge >= 0.3 is 0 Å². The van der Waals surface area contributed by atoms with E-state index in [2.05, 4.69) is 29.3 Å². The van der Waals surface area contributed by atoms with Crippen LogP contribution in [0.25, 0.3) is 10.2 Å². The van der Waals surface area contributed by atoms with Gasteiger partial charge in [-0.15, -0.1) is 23.7 Å². The van der Waals surface area contributed by atoms with E-state index < -0.39 is 0 Å². The standard InChI is InChI=1S/C17H20N4O2S.ClH/c1-10(2)5-12-6-11(20-23-12)8-21-9-19-16-15(17(21)22)13-3-4-18-7-14(13)24-16;/h6,9-10,18H,3-5,7-8H2,1-2H3;1H. The summed E-state index contributed by atoms with van der Waals surface area (Å²) in [4.78, 5) is 19.5. The highest BCUT2D eigenvalue weighted by atomic mass is 35.5. The van der Waals surface area contributed by atoms with Crippen molar-refractivity contribution in [1.29, 1.82) is 0 Å². The Morgan fingerprint density at radius 2 is 2.28 bits per heavy atom. The lowest BCUT2D eigenvalue weighted by Gasteiger charge is -2.12. The fourth-order valence-electron chi connectivity index (χ4n) is 3.17. The molecule has 0 saturated heterocycles. The normalized spacial score (nSPS) is 13.9. The molecule has 0 amide bonds. The van der Waals surface area contributed by atoms with Crippen LogP contribution in [0.3, 0.4) is 0 Å². The van der Waals surface area contributed by atoms with Crippen LogP contribution in [-0.4, -0.2) is 21.3 Å². The number of nitrogens with zero attached hydrogens (tertiary/aromatic N) is 3. The summed E-state index contributed by atoms with van der Waals surface area (Å²) in [6.07, 6.45) is 3.36. The molecule has 4 heterocycles. The van der Waals surface area contributed by atoms with Crippen molar-refractivity contribution in [3.63, 3.8) is 0 Å². The zero-order valence-corrected chi connectivity index (χ0v) is 15.9. The van der Waals surface area contributed by atoms with Crippen molar-refractivity contribution >= 4 is 34.0 Å². The summed E-state index contributed by atoms with van der Waals surface area (Å²) in [7, 11) is 0. The maximum Gasteiger partial charge on any atom is 0.262 e. The van der Waals surface area contributed by atoms with E-state index in [1.807, 2.05) is 6.07 Å². The molecule has 3 aromatic heterocycles. The smallest absolute Gasteiger partial charge is 0.262 e. The monoisotopic (exact) mass is 380 g/mol. The molecule has 4 rings (SSSR count). The van der Waals surface area contributed by atoms with Crippen LogP contribution in [0.5, 0.6) is 0 Å². The summed E-state index contributed by atoms with van der Waals surface area (Å²) < 4.78 is 6.99. The third-order valence-corrected chi connectivity index (χ3v) is 5.39. The van der Waals surface area contributed by atoms with Gasteiger partial charge in [-0.3, -0.25) is 9.36 Å². The fraction of sp³-hybridized carbons (Fsp3) is 0.471. The topological polar surface area (TPSA) is 73.0 Å². The van der Waals surface area contributed by atoms with Crippen molar-refractivity contribution in [2.45, 2.75) is 39.8 Å². The highest BCUT2D eigenvalue weighted by Gasteiger charge is 2.20. The minimum atomic E-state index is 0. The van der Waals surface area contributed by atoms with Crippen LogP contribution in [0.1, 0.15) is 35.7 Å². The Morgan fingerprint density at radius 3 is 3.08 bits per heavy atom. The van der Waals surface area contributed by atoms with Gasteiger partial charge in [0.1, 0.15) is 16.3 Å². The van der Waals surface area contributed by atoms with Gasteiger partial charge in [-0.25, -0.2) is 4.98 Å². The molecule has 25 heavy (non-hydrogen) atoms. The molecule has 134 valence electrons. The van der Waals surface area contributed by atoms with Crippen LogP contribution in [0.4, 0.5) is 0 Å².